The van der Waals surface area contributed by atoms with E-state index in [0.29, 0.717) is 12.5 Å². The second-order valence-corrected chi connectivity index (χ2v) is 6.37. The number of hydrogen-bond donors (Lipinski definition) is 1. The predicted octanol–water partition coefficient (Wildman–Crippen LogP) is 4.62. The maximum atomic E-state index is 13.0. The van der Waals surface area contributed by atoms with Crippen LogP contribution in [0.1, 0.15) is 56.2 Å². The van der Waals surface area contributed by atoms with Gasteiger partial charge in [0, 0.05) is 32.0 Å². The molecular formula is C18H26F3N3. The van der Waals surface area contributed by atoms with Crippen LogP contribution >= 0.6 is 0 Å². The molecule has 0 bridgehead atoms. The molecule has 1 N–H and O–H groups in total. The lowest BCUT2D eigenvalue weighted by atomic mass is 9.87. The van der Waals surface area contributed by atoms with Gasteiger partial charge in [-0.05, 0) is 30.4 Å². The van der Waals surface area contributed by atoms with Crippen LogP contribution in [-0.4, -0.2) is 24.3 Å². The number of nitrogens with zero attached hydrogens (tertiary/aromatic N) is 2. The van der Waals surface area contributed by atoms with Crippen molar-refractivity contribution in [1.29, 1.82) is 0 Å². The fourth-order valence-electron chi connectivity index (χ4n) is 3.36. The van der Waals surface area contributed by atoms with Crippen LogP contribution in [0.3, 0.4) is 0 Å². The number of pyridine rings is 1. The molecule has 0 atom stereocenters. The highest BCUT2D eigenvalue weighted by atomic mass is 19.4. The summed E-state index contributed by atoms with van der Waals surface area (Å²) in [5, 5.41) is 3.13. The third kappa shape index (κ3) is 5.58. The van der Waals surface area contributed by atoms with Crippen molar-refractivity contribution in [2.75, 3.05) is 13.6 Å². The molecule has 1 heterocycles. The van der Waals surface area contributed by atoms with E-state index in [0.717, 1.165) is 18.6 Å². The molecule has 0 saturated heterocycles. The normalized spacial score (nSPS) is 18.2. The van der Waals surface area contributed by atoms with Crippen LogP contribution < -0.4 is 5.32 Å². The Morgan fingerprint density at radius 1 is 1.21 bits per heavy atom. The summed E-state index contributed by atoms with van der Waals surface area (Å²) in [6.45, 7) is 0.682. The molecule has 6 heteroatoms. The van der Waals surface area contributed by atoms with Crippen LogP contribution in [0.25, 0.3) is 0 Å². The number of aromatic nitrogens is 1. The Morgan fingerprint density at radius 3 is 2.50 bits per heavy atom. The zero-order valence-corrected chi connectivity index (χ0v) is 14.2. The molecule has 1 aliphatic rings. The third-order valence-electron chi connectivity index (χ3n) is 4.64. The largest absolute Gasteiger partial charge is 0.433 e. The number of hydrogen-bond acceptors (Lipinski definition) is 3. The minimum absolute atomic E-state index is 0.147. The quantitative estimate of drug-likeness (QED) is 0.794. The first-order valence-electron chi connectivity index (χ1n) is 8.69. The Bertz CT molecular complexity index is 533. The van der Waals surface area contributed by atoms with E-state index in [1.165, 1.54) is 50.4 Å². The molecule has 1 saturated carbocycles. The SMILES string of the molecule is CN=C(CNCc1cccnc1C(F)(F)F)C1CCCCCCC1. The Balaban J connectivity index is 1.92. The van der Waals surface area contributed by atoms with Crippen LogP contribution in [0.15, 0.2) is 23.3 Å². The van der Waals surface area contributed by atoms with Crippen LogP contribution in [0.4, 0.5) is 13.2 Å². The minimum atomic E-state index is -4.42. The Kier molecular flexibility index (Phi) is 7.21. The maximum Gasteiger partial charge on any atom is 0.433 e. The van der Waals surface area contributed by atoms with E-state index in [-0.39, 0.29) is 12.1 Å². The summed E-state index contributed by atoms with van der Waals surface area (Å²) in [7, 11) is 1.78. The van der Waals surface area contributed by atoms with Gasteiger partial charge in [0.15, 0.2) is 0 Å². The molecule has 134 valence electrons. The monoisotopic (exact) mass is 341 g/mol. The van der Waals surface area contributed by atoms with Crippen LogP contribution in [0, 0.1) is 5.92 Å². The standard InChI is InChI=1S/C18H26F3N3/c1-22-16(14-8-5-3-2-4-6-9-14)13-23-12-15-10-7-11-24-17(15)18(19,20)21/h7,10-11,14,23H,2-6,8-9,12-13H2,1H3. The second-order valence-electron chi connectivity index (χ2n) is 6.37. The number of nitrogens with one attached hydrogen (secondary N) is 1. The summed E-state index contributed by atoms with van der Waals surface area (Å²) in [5.41, 5.74) is 0.450. The first kappa shape index (κ1) is 18.9. The molecule has 2 rings (SSSR count). The molecule has 1 aliphatic carbocycles. The van der Waals surface area contributed by atoms with Gasteiger partial charge in [-0.25, -0.2) is 0 Å². The van der Waals surface area contributed by atoms with Gasteiger partial charge in [-0.2, -0.15) is 13.2 Å². The molecule has 1 aromatic rings. The topological polar surface area (TPSA) is 37.3 Å². The highest BCUT2D eigenvalue weighted by Crippen LogP contribution is 2.30. The fourth-order valence-corrected chi connectivity index (χ4v) is 3.36. The zero-order chi connectivity index (χ0) is 17.4. The average Bonchev–Trinajstić information content (AvgIpc) is 2.51. The lowest BCUT2D eigenvalue weighted by molar-refractivity contribution is -0.141. The first-order chi connectivity index (χ1) is 11.5. The lowest BCUT2D eigenvalue weighted by Crippen LogP contribution is -2.29. The van der Waals surface area contributed by atoms with Crippen LogP contribution in [0.2, 0.25) is 0 Å². The van der Waals surface area contributed by atoms with Crippen molar-refractivity contribution in [1.82, 2.24) is 10.3 Å². The first-order valence-corrected chi connectivity index (χ1v) is 8.69. The van der Waals surface area contributed by atoms with Crippen molar-refractivity contribution in [3.63, 3.8) is 0 Å². The van der Waals surface area contributed by atoms with E-state index >= 15 is 0 Å². The molecule has 0 unspecified atom stereocenters. The van der Waals surface area contributed by atoms with E-state index in [2.05, 4.69) is 15.3 Å². The summed E-state index contributed by atoms with van der Waals surface area (Å²) >= 11 is 0. The van der Waals surface area contributed by atoms with E-state index in [4.69, 9.17) is 0 Å². The molecule has 0 radical (unpaired) electrons. The molecule has 0 aliphatic heterocycles. The highest BCUT2D eigenvalue weighted by Gasteiger charge is 2.34. The van der Waals surface area contributed by atoms with Crippen LogP contribution in [0.5, 0.6) is 0 Å². The Labute approximate surface area is 141 Å². The molecule has 1 aromatic heterocycles. The van der Waals surface area contributed by atoms with Crippen molar-refractivity contribution in [2.24, 2.45) is 10.9 Å². The molecule has 24 heavy (non-hydrogen) atoms. The maximum absolute atomic E-state index is 13.0. The van der Waals surface area contributed by atoms with Gasteiger partial charge < -0.3 is 5.32 Å². The van der Waals surface area contributed by atoms with Gasteiger partial charge >= 0.3 is 6.18 Å². The van der Waals surface area contributed by atoms with Crippen molar-refractivity contribution < 1.29 is 13.2 Å². The summed E-state index contributed by atoms with van der Waals surface area (Å²) in [6.07, 6.45) is 5.31. The van der Waals surface area contributed by atoms with Gasteiger partial charge in [0.25, 0.3) is 0 Å². The van der Waals surface area contributed by atoms with Crippen molar-refractivity contribution in [3.8, 4) is 0 Å². The number of rotatable bonds is 5. The Morgan fingerprint density at radius 2 is 1.88 bits per heavy atom. The summed E-state index contributed by atoms with van der Waals surface area (Å²) in [4.78, 5) is 7.89. The summed E-state index contributed by atoms with van der Waals surface area (Å²) in [6, 6.07) is 3.01. The number of aliphatic imine (C=N–C) groups is 1. The van der Waals surface area contributed by atoms with Gasteiger partial charge in [0.2, 0.25) is 0 Å². The predicted molar refractivity (Wildman–Crippen MR) is 90.1 cm³/mol. The summed E-state index contributed by atoms with van der Waals surface area (Å²) < 4.78 is 38.9. The molecule has 0 aromatic carbocycles. The van der Waals surface area contributed by atoms with Crippen molar-refractivity contribution in [3.05, 3.63) is 29.6 Å². The molecule has 0 amide bonds. The van der Waals surface area contributed by atoms with Crippen LogP contribution in [-0.2, 0) is 12.7 Å². The van der Waals surface area contributed by atoms with E-state index in [1.807, 2.05) is 0 Å². The van der Waals surface area contributed by atoms with Gasteiger partial charge in [-0.1, -0.05) is 38.2 Å². The third-order valence-corrected chi connectivity index (χ3v) is 4.64. The van der Waals surface area contributed by atoms with Gasteiger partial charge in [-0.15, -0.1) is 0 Å². The number of alkyl halides is 3. The highest BCUT2D eigenvalue weighted by molar-refractivity contribution is 5.88. The van der Waals surface area contributed by atoms with Crippen molar-refractivity contribution in [2.45, 2.75) is 57.7 Å². The number of halogens is 3. The zero-order valence-electron chi connectivity index (χ0n) is 14.2. The smallest absolute Gasteiger partial charge is 0.307 e. The summed E-state index contributed by atoms with van der Waals surface area (Å²) in [5.74, 6) is 0.457. The van der Waals surface area contributed by atoms with Gasteiger partial charge in [0.05, 0.1) is 0 Å². The fraction of sp³-hybridized carbons (Fsp3) is 0.667. The van der Waals surface area contributed by atoms with Crippen molar-refractivity contribution >= 4 is 5.71 Å². The molecular weight excluding hydrogens is 315 g/mol. The van der Waals surface area contributed by atoms with Gasteiger partial charge in [0.1, 0.15) is 5.69 Å². The molecule has 0 spiro atoms. The second kappa shape index (κ2) is 9.16. The molecule has 3 nitrogen and oxygen atoms in total. The average molecular weight is 341 g/mol. The Hall–Kier alpha value is -1.43. The van der Waals surface area contributed by atoms with E-state index < -0.39 is 11.9 Å². The van der Waals surface area contributed by atoms with E-state index in [1.54, 1.807) is 7.05 Å². The van der Waals surface area contributed by atoms with Gasteiger partial charge in [-0.3, -0.25) is 9.98 Å². The lowest BCUT2D eigenvalue weighted by Gasteiger charge is -2.22. The molecule has 1 fully saturated rings. The van der Waals surface area contributed by atoms with E-state index in [9.17, 15) is 13.2 Å². The minimum Gasteiger partial charge on any atom is -0.307 e.